The van der Waals surface area contributed by atoms with Crippen LogP contribution < -0.4 is 10.6 Å². The van der Waals surface area contributed by atoms with E-state index < -0.39 is 12.0 Å². The Morgan fingerprint density at radius 2 is 1.79 bits per heavy atom. The number of carbonyl (C=O) groups is 3. The van der Waals surface area contributed by atoms with Gasteiger partial charge in [-0.15, -0.1) is 0 Å². The zero-order valence-electron chi connectivity index (χ0n) is 14.0. The Labute approximate surface area is 146 Å². The second kappa shape index (κ2) is 10.7. The Balaban J connectivity index is 2.64. The number of carboxylic acid groups (broad SMARTS) is 1. The van der Waals surface area contributed by atoms with Crippen molar-refractivity contribution < 1.29 is 19.5 Å². The lowest BCUT2D eigenvalue weighted by Crippen LogP contribution is -2.49. The number of thioether (sulfide) groups is 1. The van der Waals surface area contributed by atoms with E-state index in [0.717, 1.165) is 5.75 Å². The van der Waals surface area contributed by atoms with Gasteiger partial charge in [0.05, 0.1) is 0 Å². The van der Waals surface area contributed by atoms with E-state index in [1.54, 1.807) is 43.0 Å². The van der Waals surface area contributed by atoms with Crippen LogP contribution in [0.2, 0.25) is 0 Å². The molecule has 1 aromatic carbocycles. The van der Waals surface area contributed by atoms with Crippen LogP contribution in [0.1, 0.15) is 36.5 Å². The second-order valence-electron chi connectivity index (χ2n) is 5.52. The Morgan fingerprint density at radius 3 is 2.38 bits per heavy atom. The summed E-state index contributed by atoms with van der Waals surface area (Å²) in [6, 6.07) is 7.82. The van der Waals surface area contributed by atoms with Gasteiger partial charge in [-0.3, -0.25) is 14.4 Å². The molecule has 0 heterocycles. The molecule has 0 fully saturated rings. The Kier molecular flexibility index (Phi) is 8.93. The van der Waals surface area contributed by atoms with E-state index in [-0.39, 0.29) is 24.3 Å². The van der Waals surface area contributed by atoms with Gasteiger partial charge in [0.25, 0.3) is 5.91 Å². The van der Waals surface area contributed by atoms with Crippen LogP contribution in [0.5, 0.6) is 0 Å². The fraction of sp³-hybridized carbons (Fsp3) is 0.471. The molecule has 132 valence electrons. The molecule has 0 saturated heterocycles. The molecule has 0 aliphatic rings. The molecule has 0 aliphatic carbocycles. The molecule has 1 aromatic rings. The number of benzene rings is 1. The minimum atomic E-state index is -0.896. The maximum absolute atomic E-state index is 12.4. The smallest absolute Gasteiger partial charge is 0.303 e. The third kappa shape index (κ3) is 7.50. The second-order valence-corrected chi connectivity index (χ2v) is 6.50. The van der Waals surface area contributed by atoms with Gasteiger partial charge >= 0.3 is 5.97 Å². The van der Waals surface area contributed by atoms with Crippen molar-refractivity contribution in [3.05, 3.63) is 35.9 Å². The van der Waals surface area contributed by atoms with Gasteiger partial charge < -0.3 is 15.7 Å². The third-order valence-corrected chi connectivity index (χ3v) is 4.09. The molecule has 6 nitrogen and oxygen atoms in total. The summed E-state index contributed by atoms with van der Waals surface area (Å²) < 4.78 is 0. The molecule has 2 amide bonds. The molecule has 2 atom stereocenters. The molecule has 0 aromatic heterocycles. The summed E-state index contributed by atoms with van der Waals surface area (Å²) in [6.45, 7) is 1.76. The molecule has 0 aliphatic heterocycles. The van der Waals surface area contributed by atoms with Crippen LogP contribution in [-0.2, 0) is 9.59 Å². The van der Waals surface area contributed by atoms with Crippen LogP contribution in [0.3, 0.4) is 0 Å². The van der Waals surface area contributed by atoms with Gasteiger partial charge in [0.15, 0.2) is 0 Å². The van der Waals surface area contributed by atoms with Gasteiger partial charge in [-0.1, -0.05) is 18.2 Å². The molecule has 0 bridgehead atoms. The molecule has 0 saturated carbocycles. The van der Waals surface area contributed by atoms with Crippen molar-refractivity contribution in [1.82, 2.24) is 10.6 Å². The van der Waals surface area contributed by atoms with Crippen molar-refractivity contribution in [2.24, 2.45) is 0 Å². The molecule has 3 N–H and O–H groups in total. The molecular weight excluding hydrogens is 328 g/mol. The highest BCUT2D eigenvalue weighted by Crippen LogP contribution is 2.05. The van der Waals surface area contributed by atoms with Crippen LogP contribution in [0.25, 0.3) is 0 Å². The summed E-state index contributed by atoms with van der Waals surface area (Å²) in [7, 11) is 0. The average Bonchev–Trinajstić information content (AvgIpc) is 2.57. The van der Waals surface area contributed by atoms with Gasteiger partial charge in [0.1, 0.15) is 6.04 Å². The van der Waals surface area contributed by atoms with Crippen molar-refractivity contribution >= 4 is 29.5 Å². The summed E-state index contributed by atoms with van der Waals surface area (Å²) in [4.78, 5) is 35.2. The molecule has 1 rings (SSSR count). The number of carboxylic acids is 1. The number of carbonyl (C=O) groups excluding carboxylic acids is 2. The van der Waals surface area contributed by atoms with E-state index in [1.807, 2.05) is 12.3 Å². The van der Waals surface area contributed by atoms with Crippen LogP contribution in [0.15, 0.2) is 30.3 Å². The van der Waals surface area contributed by atoms with Crippen LogP contribution in [0.4, 0.5) is 0 Å². The first-order valence-electron chi connectivity index (χ1n) is 7.81. The van der Waals surface area contributed by atoms with Crippen molar-refractivity contribution in [3.8, 4) is 0 Å². The van der Waals surface area contributed by atoms with Crippen molar-refractivity contribution in [2.75, 3.05) is 12.0 Å². The number of hydrogen-bond acceptors (Lipinski definition) is 4. The Morgan fingerprint density at radius 1 is 1.12 bits per heavy atom. The van der Waals surface area contributed by atoms with E-state index in [9.17, 15) is 14.4 Å². The maximum atomic E-state index is 12.4. The third-order valence-electron chi connectivity index (χ3n) is 3.45. The minimum absolute atomic E-state index is 0.00665. The zero-order valence-corrected chi connectivity index (χ0v) is 14.8. The Bertz CT molecular complexity index is 551. The monoisotopic (exact) mass is 352 g/mol. The first-order chi connectivity index (χ1) is 11.4. The molecule has 0 spiro atoms. The van der Waals surface area contributed by atoms with Crippen molar-refractivity contribution in [1.29, 1.82) is 0 Å². The van der Waals surface area contributed by atoms with Gasteiger partial charge in [0, 0.05) is 18.0 Å². The first kappa shape index (κ1) is 20.0. The number of nitrogens with one attached hydrogen (secondary N) is 2. The van der Waals surface area contributed by atoms with Gasteiger partial charge in [-0.25, -0.2) is 0 Å². The lowest BCUT2D eigenvalue weighted by Gasteiger charge is -2.21. The summed E-state index contributed by atoms with van der Waals surface area (Å²) >= 11 is 1.59. The lowest BCUT2D eigenvalue weighted by atomic mass is 10.1. The molecule has 0 radical (unpaired) electrons. The number of hydrogen-bond donors (Lipinski definition) is 3. The fourth-order valence-corrected chi connectivity index (χ4v) is 2.56. The maximum Gasteiger partial charge on any atom is 0.303 e. The SMILES string of the molecule is CSCCC(NC(=O)c1ccccc1)C(=O)NC(C)CCC(=O)O. The summed E-state index contributed by atoms with van der Waals surface area (Å²) in [5.41, 5.74) is 0.498. The average molecular weight is 352 g/mol. The van der Waals surface area contributed by atoms with Crippen molar-refractivity contribution in [2.45, 2.75) is 38.3 Å². The van der Waals surface area contributed by atoms with Gasteiger partial charge in [0.2, 0.25) is 5.91 Å². The summed E-state index contributed by atoms with van der Waals surface area (Å²) in [5.74, 6) is -0.745. The van der Waals surface area contributed by atoms with Crippen LogP contribution in [0, 0.1) is 0 Å². The molecule has 2 unspecified atom stereocenters. The fourth-order valence-electron chi connectivity index (χ4n) is 2.09. The number of rotatable bonds is 10. The number of amides is 2. The predicted octanol–water partition coefficient (Wildman–Crippen LogP) is 1.91. The van der Waals surface area contributed by atoms with Crippen LogP contribution >= 0.6 is 11.8 Å². The summed E-state index contributed by atoms with van der Waals surface area (Å²) in [5, 5.41) is 14.2. The molecule has 24 heavy (non-hydrogen) atoms. The predicted molar refractivity (Wildman–Crippen MR) is 95.2 cm³/mol. The van der Waals surface area contributed by atoms with Gasteiger partial charge in [-0.05, 0) is 43.9 Å². The molecular formula is C17H24N2O4S. The quantitative estimate of drug-likeness (QED) is 0.598. The highest BCUT2D eigenvalue weighted by Gasteiger charge is 2.22. The van der Waals surface area contributed by atoms with Gasteiger partial charge in [-0.2, -0.15) is 11.8 Å². The summed E-state index contributed by atoms with van der Waals surface area (Å²) in [6.07, 6.45) is 2.79. The highest BCUT2D eigenvalue weighted by molar-refractivity contribution is 7.98. The topological polar surface area (TPSA) is 95.5 Å². The van der Waals surface area contributed by atoms with E-state index in [1.165, 1.54) is 0 Å². The van der Waals surface area contributed by atoms with Crippen molar-refractivity contribution in [3.63, 3.8) is 0 Å². The number of aliphatic carboxylic acids is 1. The standard InChI is InChI=1S/C17H24N2O4S/c1-12(8-9-15(20)21)18-17(23)14(10-11-24-2)19-16(22)13-6-4-3-5-7-13/h3-7,12,14H,8-11H2,1-2H3,(H,18,23)(H,19,22)(H,20,21). The van der Waals surface area contributed by atoms with E-state index in [2.05, 4.69) is 10.6 Å². The highest BCUT2D eigenvalue weighted by atomic mass is 32.2. The first-order valence-corrected chi connectivity index (χ1v) is 9.20. The van der Waals surface area contributed by atoms with E-state index in [0.29, 0.717) is 18.4 Å². The normalized spacial score (nSPS) is 12.9. The zero-order chi connectivity index (χ0) is 17.9. The Hall–Kier alpha value is -2.02. The lowest BCUT2D eigenvalue weighted by molar-refractivity contribution is -0.137. The van der Waals surface area contributed by atoms with Crippen LogP contribution in [-0.4, -0.2) is 47.0 Å². The van der Waals surface area contributed by atoms with E-state index >= 15 is 0 Å². The minimum Gasteiger partial charge on any atom is -0.481 e. The largest absolute Gasteiger partial charge is 0.481 e. The van der Waals surface area contributed by atoms with E-state index in [4.69, 9.17) is 5.11 Å². The molecule has 7 heteroatoms.